The van der Waals surface area contributed by atoms with Crippen LogP contribution in [0.2, 0.25) is 5.02 Å². The van der Waals surface area contributed by atoms with Gasteiger partial charge >= 0.3 is 0 Å². The second kappa shape index (κ2) is 6.38. The fourth-order valence-corrected chi connectivity index (χ4v) is 3.49. The number of anilines is 1. The third-order valence-corrected chi connectivity index (χ3v) is 4.72. The molecule has 4 nitrogen and oxygen atoms in total. The Morgan fingerprint density at radius 1 is 1.28 bits per heavy atom. The van der Waals surface area contributed by atoms with E-state index in [0.717, 1.165) is 5.56 Å². The average Bonchev–Trinajstić information content (AvgIpc) is 3.22. The number of amides is 1. The fraction of sp³-hybridized carbons (Fsp3) is 0.0556. The van der Waals surface area contributed by atoms with Crippen LogP contribution >= 0.6 is 22.9 Å². The van der Waals surface area contributed by atoms with Gasteiger partial charge in [0.05, 0.1) is 17.0 Å². The third-order valence-electron chi connectivity index (χ3n) is 3.82. The van der Waals surface area contributed by atoms with Crippen LogP contribution in [-0.4, -0.2) is 16.6 Å². The van der Waals surface area contributed by atoms with Crippen molar-refractivity contribution in [3.8, 4) is 0 Å². The molecule has 1 N–H and O–H groups in total. The molecule has 2 aromatic carbocycles. The van der Waals surface area contributed by atoms with Gasteiger partial charge < -0.3 is 0 Å². The van der Waals surface area contributed by atoms with Crippen LogP contribution in [0.3, 0.4) is 0 Å². The molecule has 0 saturated carbocycles. The maximum Gasteiger partial charge on any atom is 0.259 e. The lowest BCUT2D eigenvalue weighted by Gasteiger charge is -2.05. The van der Waals surface area contributed by atoms with Crippen molar-refractivity contribution in [3.05, 3.63) is 75.5 Å². The molecule has 0 fully saturated rings. The van der Waals surface area contributed by atoms with E-state index in [4.69, 9.17) is 11.6 Å². The Morgan fingerprint density at radius 2 is 2.16 bits per heavy atom. The zero-order valence-corrected chi connectivity index (χ0v) is 14.4. The average molecular weight is 372 g/mol. The van der Waals surface area contributed by atoms with Gasteiger partial charge in [-0.05, 0) is 29.8 Å². The highest BCUT2D eigenvalue weighted by Gasteiger charge is 2.22. The number of aromatic nitrogens is 1. The van der Waals surface area contributed by atoms with Gasteiger partial charge in [0, 0.05) is 28.6 Å². The lowest BCUT2D eigenvalue weighted by atomic mass is 10.0. The molecule has 0 atom stereocenters. The summed E-state index contributed by atoms with van der Waals surface area (Å²) in [6.07, 6.45) is 2.15. The first-order valence-electron chi connectivity index (χ1n) is 7.47. The van der Waals surface area contributed by atoms with E-state index in [1.807, 2.05) is 12.1 Å². The number of carbonyl (C=O) groups excluding carboxylic acids is 1. The summed E-state index contributed by atoms with van der Waals surface area (Å²) in [6.45, 7) is 0. The highest BCUT2D eigenvalue weighted by Crippen LogP contribution is 2.33. The van der Waals surface area contributed by atoms with E-state index < -0.39 is 5.82 Å². The van der Waals surface area contributed by atoms with Crippen LogP contribution < -0.4 is 5.32 Å². The number of rotatable bonds is 3. The number of fused-ring (bicyclic) bond motifs is 1. The SMILES string of the molecule is O=C(Nc1nccs1)c1cccc2c1N=C(c1cc(F)cc(Cl)c1)C2. The van der Waals surface area contributed by atoms with Gasteiger partial charge in [0.2, 0.25) is 0 Å². The number of thiazole rings is 1. The van der Waals surface area contributed by atoms with E-state index in [1.54, 1.807) is 23.7 Å². The quantitative estimate of drug-likeness (QED) is 0.714. The molecular weight excluding hydrogens is 361 g/mol. The van der Waals surface area contributed by atoms with Crippen molar-refractivity contribution < 1.29 is 9.18 Å². The lowest BCUT2D eigenvalue weighted by molar-refractivity contribution is 0.102. The van der Waals surface area contributed by atoms with E-state index in [0.29, 0.717) is 39.1 Å². The van der Waals surface area contributed by atoms with Crippen LogP contribution in [0.1, 0.15) is 21.5 Å². The van der Waals surface area contributed by atoms with Crippen molar-refractivity contribution in [1.82, 2.24) is 4.98 Å². The van der Waals surface area contributed by atoms with Gasteiger partial charge in [-0.15, -0.1) is 11.3 Å². The van der Waals surface area contributed by atoms with Crippen molar-refractivity contribution in [2.24, 2.45) is 4.99 Å². The highest BCUT2D eigenvalue weighted by atomic mass is 35.5. The van der Waals surface area contributed by atoms with Gasteiger partial charge in [0.25, 0.3) is 5.91 Å². The van der Waals surface area contributed by atoms with Crippen LogP contribution in [-0.2, 0) is 6.42 Å². The Hall–Kier alpha value is -2.57. The molecule has 0 spiro atoms. The summed E-state index contributed by atoms with van der Waals surface area (Å²) in [4.78, 5) is 21.1. The third kappa shape index (κ3) is 3.18. The summed E-state index contributed by atoms with van der Waals surface area (Å²) in [5.41, 5.74) is 3.29. The van der Waals surface area contributed by atoms with Crippen molar-refractivity contribution in [1.29, 1.82) is 0 Å². The van der Waals surface area contributed by atoms with E-state index in [-0.39, 0.29) is 5.91 Å². The molecule has 2 heterocycles. The van der Waals surface area contributed by atoms with Gasteiger partial charge in [0.1, 0.15) is 5.82 Å². The van der Waals surface area contributed by atoms with Crippen LogP contribution in [0.4, 0.5) is 15.2 Å². The maximum atomic E-state index is 13.6. The number of aliphatic imine (C=N–C) groups is 1. The van der Waals surface area contributed by atoms with Gasteiger partial charge in [-0.3, -0.25) is 15.1 Å². The van der Waals surface area contributed by atoms with Gasteiger partial charge in [-0.2, -0.15) is 0 Å². The molecule has 25 heavy (non-hydrogen) atoms. The molecule has 3 aromatic rings. The van der Waals surface area contributed by atoms with Crippen LogP contribution in [0.25, 0.3) is 0 Å². The molecule has 0 radical (unpaired) electrons. The molecule has 4 rings (SSSR count). The number of carbonyl (C=O) groups is 1. The van der Waals surface area contributed by atoms with Crippen molar-refractivity contribution in [2.45, 2.75) is 6.42 Å². The highest BCUT2D eigenvalue weighted by molar-refractivity contribution is 7.13. The monoisotopic (exact) mass is 371 g/mol. The summed E-state index contributed by atoms with van der Waals surface area (Å²) < 4.78 is 13.6. The maximum absolute atomic E-state index is 13.6. The number of hydrogen-bond donors (Lipinski definition) is 1. The summed E-state index contributed by atoms with van der Waals surface area (Å²) in [5.74, 6) is -0.683. The van der Waals surface area contributed by atoms with Crippen molar-refractivity contribution in [2.75, 3.05) is 5.32 Å². The Bertz CT molecular complexity index is 981. The Labute approximate surface area is 152 Å². The van der Waals surface area contributed by atoms with Gasteiger partial charge in [-0.1, -0.05) is 23.7 Å². The minimum atomic E-state index is -0.414. The molecule has 0 aliphatic carbocycles. The zero-order valence-electron chi connectivity index (χ0n) is 12.8. The fourth-order valence-electron chi connectivity index (χ4n) is 2.74. The largest absolute Gasteiger partial charge is 0.298 e. The number of hydrogen-bond acceptors (Lipinski definition) is 4. The molecule has 1 amide bonds. The molecule has 1 aromatic heterocycles. The number of para-hydroxylation sites is 1. The summed E-state index contributed by atoms with van der Waals surface area (Å²) in [6, 6.07) is 9.75. The lowest BCUT2D eigenvalue weighted by Crippen LogP contribution is -2.11. The van der Waals surface area contributed by atoms with E-state index >= 15 is 0 Å². The van der Waals surface area contributed by atoms with E-state index in [9.17, 15) is 9.18 Å². The zero-order chi connectivity index (χ0) is 17.4. The first kappa shape index (κ1) is 15.9. The Kier molecular flexibility index (Phi) is 4.07. The van der Waals surface area contributed by atoms with Crippen LogP contribution in [0, 0.1) is 5.82 Å². The van der Waals surface area contributed by atoms with E-state index in [2.05, 4.69) is 15.3 Å². The minimum Gasteiger partial charge on any atom is -0.298 e. The molecule has 0 unspecified atom stereocenters. The molecule has 0 bridgehead atoms. The first-order chi connectivity index (χ1) is 12.1. The van der Waals surface area contributed by atoms with Gasteiger partial charge in [-0.25, -0.2) is 9.37 Å². The second-order valence-electron chi connectivity index (χ2n) is 5.50. The predicted molar refractivity (Wildman–Crippen MR) is 97.8 cm³/mol. The second-order valence-corrected chi connectivity index (χ2v) is 6.83. The summed E-state index contributed by atoms with van der Waals surface area (Å²) in [7, 11) is 0. The molecular formula is C18H11ClFN3OS. The molecule has 1 aliphatic heterocycles. The predicted octanol–water partition coefficient (Wildman–Crippen LogP) is 4.86. The van der Waals surface area contributed by atoms with Crippen molar-refractivity contribution >= 4 is 45.4 Å². The van der Waals surface area contributed by atoms with E-state index in [1.165, 1.54) is 23.5 Å². The standard InChI is InChI=1S/C18H11ClFN3OS/c19-12-6-11(7-13(20)9-12)15-8-10-2-1-3-14(16(10)22-15)17(24)23-18-21-4-5-25-18/h1-7,9H,8H2,(H,21,23,24). The van der Waals surface area contributed by atoms with Gasteiger partial charge in [0.15, 0.2) is 5.13 Å². The summed E-state index contributed by atoms with van der Waals surface area (Å²) in [5, 5.41) is 5.39. The molecule has 0 saturated heterocycles. The first-order valence-corrected chi connectivity index (χ1v) is 8.73. The van der Waals surface area contributed by atoms with Crippen molar-refractivity contribution in [3.63, 3.8) is 0 Å². The molecule has 124 valence electrons. The molecule has 1 aliphatic rings. The number of halogens is 2. The van der Waals surface area contributed by atoms with Crippen LogP contribution in [0.15, 0.2) is 53.0 Å². The number of nitrogens with one attached hydrogen (secondary N) is 1. The Balaban J connectivity index is 1.69. The Morgan fingerprint density at radius 3 is 2.92 bits per heavy atom. The van der Waals surface area contributed by atoms with Crippen LogP contribution in [0.5, 0.6) is 0 Å². The molecule has 7 heteroatoms. The number of benzene rings is 2. The topological polar surface area (TPSA) is 54.4 Å². The normalized spacial score (nSPS) is 12.6. The number of nitrogens with zero attached hydrogens (tertiary/aromatic N) is 2. The smallest absolute Gasteiger partial charge is 0.259 e. The summed E-state index contributed by atoms with van der Waals surface area (Å²) >= 11 is 7.28. The minimum absolute atomic E-state index is 0.269.